The number of hydrogen-bond acceptors (Lipinski definition) is 5. The van der Waals surface area contributed by atoms with E-state index in [2.05, 4.69) is 10.3 Å². The summed E-state index contributed by atoms with van der Waals surface area (Å²) in [6.45, 7) is 2.48. The van der Waals surface area contributed by atoms with E-state index in [0.29, 0.717) is 29.3 Å². The fraction of sp³-hybridized carbons (Fsp3) is 0.133. The van der Waals surface area contributed by atoms with Gasteiger partial charge in [0.25, 0.3) is 5.69 Å². The van der Waals surface area contributed by atoms with Crippen LogP contribution in [0.4, 0.5) is 11.4 Å². The maximum atomic E-state index is 11.0. The van der Waals surface area contributed by atoms with Crippen molar-refractivity contribution in [1.82, 2.24) is 4.98 Å². The van der Waals surface area contributed by atoms with E-state index in [0.717, 1.165) is 5.52 Å². The van der Waals surface area contributed by atoms with E-state index < -0.39 is 4.92 Å². The molecule has 0 saturated carbocycles. The Kier molecular flexibility index (Phi) is 3.27. The molecule has 3 rings (SSSR count). The largest absolute Gasteiger partial charge is 0.436 e. The Morgan fingerprint density at radius 2 is 2.10 bits per heavy atom. The molecule has 1 aromatic heterocycles. The zero-order chi connectivity index (χ0) is 14.8. The first-order valence-electron chi connectivity index (χ1n) is 6.57. The number of benzene rings is 2. The third kappa shape index (κ3) is 2.43. The fourth-order valence-electron chi connectivity index (χ4n) is 2.16. The zero-order valence-electron chi connectivity index (χ0n) is 11.4. The van der Waals surface area contributed by atoms with Gasteiger partial charge in [-0.15, -0.1) is 0 Å². The van der Waals surface area contributed by atoms with Crippen molar-refractivity contribution in [2.75, 3.05) is 11.9 Å². The van der Waals surface area contributed by atoms with Crippen molar-refractivity contribution in [1.29, 1.82) is 0 Å². The van der Waals surface area contributed by atoms with Crippen molar-refractivity contribution >= 4 is 22.5 Å². The highest BCUT2D eigenvalue weighted by Gasteiger charge is 2.16. The van der Waals surface area contributed by atoms with Crippen LogP contribution in [-0.4, -0.2) is 16.5 Å². The molecule has 0 unspecified atom stereocenters. The summed E-state index contributed by atoms with van der Waals surface area (Å²) in [4.78, 5) is 15.0. The lowest BCUT2D eigenvalue weighted by Gasteiger charge is -2.05. The second kappa shape index (κ2) is 5.24. The number of nitrogens with one attached hydrogen (secondary N) is 1. The number of anilines is 1. The minimum atomic E-state index is -0.409. The quantitative estimate of drug-likeness (QED) is 0.581. The Bertz CT molecular complexity index is 778. The number of aromatic nitrogens is 1. The molecule has 2 aromatic carbocycles. The van der Waals surface area contributed by atoms with Gasteiger partial charge in [0.1, 0.15) is 11.2 Å². The summed E-state index contributed by atoms with van der Waals surface area (Å²) in [5.74, 6) is 0.449. The lowest BCUT2D eigenvalue weighted by Crippen LogP contribution is -2.01. The molecular weight excluding hydrogens is 270 g/mol. The summed E-state index contributed by atoms with van der Waals surface area (Å²) in [7, 11) is 0. The summed E-state index contributed by atoms with van der Waals surface area (Å²) >= 11 is 0. The van der Waals surface area contributed by atoms with Crippen LogP contribution >= 0.6 is 0 Å². The molecule has 3 aromatic rings. The number of nitrogens with zero attached hydrogens (tertiary/aromatic N) is 2. The maximum absolute atomic E-state index is 11.0. The van der Waals surface area contributed by atoms with Gasteiger partial charge in [-0.1, -0.05) is 12.1 Å². The van der Waals surface area contributed by atoms with Crippen LogP contribution in [0.25, 0.3) is 22.6 Å². The van der Waals surface area contributed by atoms with Crippen LogP contribution in [0.1, 0.15) is 6.92 Å². The van der Waals surface area contributed by atoms with Crippen molar-refractivity contribution in [3.63, 3.8) is 0 Å². The van der Waals surface area contributed by atoms with E-state index in [9.17, 15) is 10.1 Å². The Morgan fingerprint density at radius 1 is 1.29 bits per heavy atom. The average Bonchev–Trinajstić information content (AvgIpc) is 2.91. The van der Waals surface area contributed by atoms with Crippen LogP contribution in [0.3, 0.4) is 0 Å². The number of rotatable bonds is 4. The lowest BCUT2D eigenvalue weighted by molar-refractivity contribution is -0.383. The van der Waals surface area contributed by atoms with Crippen molar-refractivity contribution in [2.24, 2.45) is 0 Å². The number of fused-ring (bicyclic) bond motifs is 1. The predicted octanol–water partition coefficient (Wildman–Crippen LogP) is 3.83. The minimum absolute atomic E-state index is 0.0386. The number of oxazole rings is 1. The first kappa shape index (κ1) is 13.1. The number of nitro benzene ring substituents is 1. The topological polar surface area (TPSA) is 81.2 Å². The third-order valence-corrected chi connectivity index (χ3v) is 3.10. The van der Waals surface area contributed by atoms with Crippen molar-refractivity contribution < 1.29 is 9.34 Å². The summed E-state index contributed by atoms with van der Waals surface area (Å²) in [6, 6.07) is 12.2. The Labute approximate surface area is 120 Å². The van der Waals surface area contributed by atoms with Crippen molar-refractivity contribution in [2.45, 2.75) is 6.92 Å². The van der Waals surface area contributed by atoms with Gasteiger partial charge in [-0.3, -0.25) is 10.1 Å². The van der Waals surface area contributed by atoms with Crippen LogP contribution in [-0.2, 0) is 0 Å². The molecule has 0 bridgehead atoms. The second-order valence-corrected chi connectivity index (χ2v) is 4.51. The molecule has 1 heterocycles. The maximum Gasteiger partial charge on any atom is 0.292 e. The van der Waals surface area contributed by atoms with Crippen LogP contribution in [0.5, 0.6) is 0 Å². The monoisotopic (exact) mass is 283 g/mol. The lowest BCUT2D eigenvalue weighted by atomic mass is 10.1. The van der Waals surface area contributed by atoms with E-state index in [-0.39, 0.29) is 5.69 Å². The number of nitro groups is 1. The Hall–Kier alpha value is -2.89. The number of hydrogen-bond donors (Lipinski definition) is 1. The van der Waals surface area contributed by atoms with Crippen LogP contribution in [0.2, 0.25) is 0 Å². The molecule has 0 amide bonds. The predicted molar refractivity (Wildman–Crippen MR) is 80.3 cm³/mol. The Balaban J connectivity index is 2.09. The molecule has 0 aliphatic carbocycles. The highest BCUT2D eigenvalue weighted by Crippen LogP contribution is 2.31. The van der Waals surface area contributed by atoms with E-state index in [1.165, 1.54) is 6.07 Å². The normalized spacial score (nSPS) is 10.7. The van der Waals surface area contributed by atoms with E-state index >= 15 is 0 Å². The molecule has 0 aliphatic heterocycles. The molecule has 6 heteroatoms. The SMILES string of the molecule is CCNc1cc(-c2nc3ccccc3o2)ccc1[N+](=O)[O-]. The summed E-state index contributed by atoms with van der Waals surface area (Å²) in [5, 5.41) is 14.0. The van der Waals surface area contributed by atoms with E-state index in [1.54, 1.807) is 12.1 Å². The molecule has 0 aliphatic rings. The second-order valence-electron chi connectivity index (χ2n) is 4.51. The first-order valence-corrected chi connectivity index (χ1v) is 6.57. The van der Waals surface area contributed by atoms with Gasteiger partial charge in [-0.25, -0.2) is 4.98 Å². The van der Waals surface area contributed by atoms with Crippen LogP contribution in [0, 0.1) is 10.1 Å². The standard InChI is InChI=1S/C15H13N3O3/c1-2-16-12-9-10(7-8-13(12)18(19)20)15-17-11-5-3-4-6-14(11)21-15/h3-9,16H,2H2,1H3. The minimum Gasteiger partial charge on any atom is -0.436 e. The molecule has 0 spiro atoms. The van der Waals surface area contributed by atoms with Gasteiger partial charge in [0.05, 0.1) is 4.92 Å². The highest BCUT2D eigenvalue weighted by molar-refractivity contribution is 5.78. The van der Waals surface area contributed by atoms with E-state index in [1.807, 2.05) is 31.2 Å². The summed E-state index contributed by atoms with van der Waals surface area (Å²) in [6.07, 6.45) is 0. The first-order chi connectivity index (χ1) is 10.2. The third-order valence-electron chi connectivity index (χ3n) is 3.10. The van der Waals surface area contributed by atoms with Gasteiger partial charge in [0, 0.05) is 18.2 Å². The number of para-hydroxylation sites is 2. The summed E-state index contributed by atoms with van der Waals surface area (Å²) in [5.41, 5.74) is 2.65. The molecule has 6 nitrogen and oxygen atoms in total. The smallest absolute Gasteiger partial charge is 0.292 e. The zero-order valence-corrected chi connectivity index (χ0v) is 11.4. The van der Waals surface area contributed by atoms with Crippen molar-refractivity contribution in [3.05, 3.63) is 52.6 Å². The van der Waals surface area contributed by atoms with Gasteiger partial charge in [-0.05, 0) is 31.2 Å². The molecule has 0 fully saturated rings. The Morgan fingerprint density at radius 3 is 2.81 bits per heavy atom. The molecule has 0 atom stereocenters. The fourth-order valence-corrected chi connectivity index (χ4v) is 2.16. The van der Waals surface area contributed by atoms with Gasteiger partial charge in [0.2, 0.25) is 5.89 Å². The van der Waals surface area contributed by atoms with Gasteiger partial charge in [-0.2, -0.15) is 0 Å². The van der Waals surface area contributed by atoms with Crippen LogP contribution in [0.15, 0.2) is 46.9 Å². The van der Waals surface area contributed by atoms with Gasteiger partial charge in [0.15, 0.2) is 5.58 Å². The molecule has 21 heavy (non-hydrogen) atoms. The molecular formula is C15H13N3O3. The van der Waals surface area contributed by atoms with Gasteiger partial charge < -0.3 is 9.73 Å². The average molecular weight is 283 g/mol. The molecule has 106 valence electrons. The summed E-state index contributed by atoms with van der Waals surface area (Å²) < 4.78 is 5.68. The van der Waals surface area contributed by atoms with Gasteiger partial charge >= 0.3 is 0 Å². The van der Waals surface area contributed by atoms with Crippen molar-refractivity contribution in [3.8, 4) is 11.5 Å². The highest BCUT2D eigenvalue weighted by atomic mass is 16.6. The van der Waals surface area contributed by atoms with E-state index in [4.69, 9.17) is 4.42 Å². The molecule has 0 saturated heterocycles. The van der Waals surface area contributed by atoms with Crippen LogP contribution < -0.4 is 5.32 Å². The molecule has 1 N–H and O–H groups in total. The molecule has 0 radical (unpaired) electrons.